The molecule has 0 aromatic carbocycles. The maximum atomic E-state index is 9.25. The molecule has 4 nitrogen and oxygen atoms in total. The van der Waals surface area contributed by atoms with Gasteiger partial charge in [-0.2, -0.15) is 5.26 Å². The van der Waals surface area contributed by atoms with Gasteiger partial charge in [-0.1, -0.05) is 0 Å². The monoisotopic (exact) mass is 211 g/mol. The molecule has 1 saturated heterocycles. The van der Waals surface area contributed by atoms with Gasteiger partial charge in [-0.25, -0.2) is 0 Å². The van der Waals surface area contributed by atoms with E-state index in [1.165, 1.54) is 0 Å². The van der Waals surface area contributed by atoms with E-state index in [2.05, 4.69) is 16.3 Å². The van der Waals surface area contributed by atoms with Crippen molar-refractivity contribution >= 4 is 0 Å². The van der Waals surface area contributed by atoms with E-state index in [9.17, 15) is 5.26 Å². The van der Waals surface area contributed by atoms with Crippen LogP contribution in [0.2, 0.25) is 0 Å². The predicted octanol–water partition coefficient (Wildman–Crippen LogP) is 0.600. The number of hydrogen-bond donors (Lipinski definition) is 1. The quantitative estimate of drug-likeness (QED) is 0.740. The number of nitrogens with zero attached hydrogens (tertiary/aromatic N) is 2. The first-order valence-electron chi connectivity index (χ1n) is 5.57. The summed E-state index contributed by atoms with van der Waals surface area (Å²) >= 11 is 0. The topological polar surface area (TPSA) is 48.3 Å². The maximum absolute atomic E-state index is 9.25. The van der Waals surface area contributed by atoms with Gasteiger partial charge < -0.3 is 9.64 Å². The molecular formula is C11H21N3O. The molecule has 1 N–H and O–H groups in total. The van der Waals surface area contributed by atoms with Crippen LogP contribution in [0.1, 0.15) is 19.3 Å². The SMILES string of the molecule is CN(C)CCNC1(C#N)CCCOCC1. The summed E-state index contributed by atoms with van der Waals surface area (Å²) in [6.45, 7) is 3.31. The van der Waals surface area contributed by atoms with Gasteiger partial charge in [0.05, 0.1) is 6.07 Å². The molecule has 0 aliphatic carbocycles. The zero-order valence-corrected chi connectivity index (χ0v) is 9.75. The lowest BCUT2D eigenvalue weighted by molar-refractivity contribution is 0.140. The second-order valence-corrected chi connectivity index (χ2v) is 4.39. The van der Waals surface area contributed by atoms with Crippen LogP contribution in [0.15, 0.2) is 0 Å². The number of likely N-dealkylation sites (N-methyl/N-ethyl adjacent to an activating group) is 1. The highest BCUT2D eigenvalue weighted by Gasteiger charge is 2.30. The van der Waals surface area contributed by atoms with Crippen LogP contribution in [0, 0.1) is 11.3 Å². The van der Waals surface area contributed by atoms with E-state index in [1.54, 1.807) is 0 Å². The van der Waals surface area contributed by atoms with Crippen LogP contribution in [0.4, 0.5) is 0 Å². The highest BCUT2D eigenvalue weighted by molar-refractivity contribution is 5.07. The number of nitriles is 1. The van der Waals surface area contributed by atoms with Crippen molar-refractivity contribution in [1.82, 2.24) is 10.2 Å². The summed E-state index contributed by atoms with van der Waals surface area (Å²) in [5.41, 5.74) is -0.355. The van der Waals surface area contributed by atoms with Crippen molar-refractivity contribution in [2.75, 3.05) is 40.4 Å². The molecule has 0 aromatic rings. The Morgan fingerprint density at radius 3 is 2.87 bits per heavy atom. The summed E-state index contributed by atoms with van der Waals surface area (Å²) in [6.07, 6.45) is 2.68. The minimum Gasteiger partial charge on any atom is -0.381 e. The van der Waals surface area contributed by atoms with Crippen LogP contribution in [0.5, 0.6) is 0 Å². The molecule has 0 amide bonds. The molecule has 0 bridgehead atoms. The summed E-state index contributed by atoms with van der Waals surface area (Å²) in [5.74, 6) is 0. The van der Waals surface area contributed by atoms with Crippen LogP contribution in [-0.4, -0.2) is 50.8 Å². The van der Waals surface area contributed by atoms with E-state index in [-0.39, 0.29) is 5.54 Å². The van der Waals surface area contributed by atoms with Crippen molar-refractivity contribution in [2.45, 2.75) is 24.8 Å². The van der Waals surface area contributed by atoms with Gasteiger partial charge in [0.15, 0.2) is 0 Å². The minimum absolute atomic E-state index is 0.355. The van der Waals surface area contributed by atoms with E-state index < -0.39 is 0 Å². The average molecular weight is 211 g/mol. The van der Waals surface area contributed by atoms with Gasteiger partial charge in [0.25, 0.3) is 0 Å². The van der Waals surface area contributed by atoms with Gasteiger partial charge in [-0.3, -0.25) is 5.32 Å². The molecule has 1 rings (SSSR count). The molecule has 0 spiro atoms. The van der Waals surface area contributed by atoms with Crippen molar-refractivity contribution in [3.8, 4) is 6.07 Å². The molecule has 1 fully saturated rings. The Kier molecular flexibility index (Phi) is 5.03. The second-order valence-electron chi connectivity index (χ2n) is 4.39. The largest absolute Gasteiger partial charge is 0.381 e. The highest BCUT2D eigenvalue weighted by Crippen LogP contribution is 2.20. The fraction of sp³-hybridized carbons (Fsp3) is 0.909. The first-order chi connectivity index (χ1) is 7.18. The molecule has 1 aliphatic rings. The minimum atomic E-state index is -0.355. The Bertz CT molecular complexity index is 214. The second kappa shape index (κ2) is 6.06. The third kappa shape index (κ3) is 4.17. The number of hydrogen-bond acceptors (Lipinski definition) is 4. The smallest absolute Gasteiger partial charge is 0.109 e. The van der Waals surface area contributed by atoms with Crippen molar-refractivity contribution in [1.29, 1.82) is 5.26 Å². The van der Waals surface area contributed by atoms with Crippen molar-refractivity contribution in [2.24, 2.45) is 0 Å². The van der Waals surface area contributed by atoms with Gasteiger partial charge in [0.1, 0.15) is 5.54 Å². The lowest BCUT2D eigenvalue weighted by atomic mass is 9.92. The molecule has 1 atom stereocenters. The summed E-state index contributed by atoms with van der Waals surface area (Å²) < 4.78 is 5.38. The molecule has 0 radical (unpaired) electrons. The Labute approximate surface area is 92.2 Å². The van der Waals surface area contributed by atoms with Crippen LogP contribution in [0.25, 0.3) is 0 Å². The van der Waals surface area contributed by atoms with E-state index in [0.29, 0.717) is 6.61 Å². The Hall–Kier alpha value is -0.630. The van der Waals surface area contributed by atoms with Gasteiger partial charge in [-0.15, -0.1) is 0 Å². The van der Waals surface area contributed by atoms with Crippen LogP contribution in [-0.2, 0) is 4.74 Å². The first-order valence-corrected chi connectivity index (χ1v) is 5.57. The number of rotatable bonds is 4. The van der Waals surface area contributed by atoms with Gasteiger partial charge >= 0.3 is 0 Å². The molecular weight excluding hydrogens is 190 g/mol. The van der Waals surface area contributed by atoms with Crippen LogP contribution in [0.3, 0.4) is 0 Å². The fourth-order valence-electron chi connectivity index (χ4n) is 1.80. The Morgan fingerprint density at radius 2 is 2.20 bits per heavy atom. The predicted molar refractivity (Wildman–Crippen MR) is 59.6 cm³/mol. The van der Waals surface area contributed by atoms with E-state index >= 15 is 0 Å². The van der Waals surface area contributed by atoms with Gasteiger partial charge in [-0.05, 0) is 26.9 Å². The zero-order chi connectivity index (χ0) is 11.1. The molecule has 15 heavy (non-hydrogen) atoms. The summed E-state index contributed by atoms with van der Waals surface area (Å²) in [7, 11) is 4.08. The van der Waals surface area contributed by atoms with Crippen molar-refractivity contribution < 1.29 is 4.74 Å². The third-order valence-corrected chi connectivity index (χ3v) is 2.80. The third-order valence-electron chi connectivity index (χ3n) is 2.80. The maximum Gasteiger partial charge on any atom is 0.109 e. The molecule has 0 aromatic heterocycles. The normalized spacial score (nSPS) is 27.3. The van der Waals surface area contributed by atoms with E-state index in [1.807, 2.05) is 14.1 Å². The fourth-order valence-corrected chi connectivity index (χ4v) is 1.80. The Morgan fingerprint density at radius 1 is 1.40 bits per heavy atom. The van der Waals surface area contributed by atoms with Crippen molar-refractivity contribution in [3.05, 3.63) is 0 Å². The van der Waals surface area contributed by atoms with E-state index in [0.717, 1.165) is 39.0 Å². The summed E-state index contributed by atoms with van der Waals surface area (Å²) in [4.78, 5) is 2.12. The van der Waals surface area contributed by atoms with E-state index in [4.69, 9.17) is 4.74 Å². The summed E-state index contributed by atoms with van der Waals surface area (Å²) in [5, 5.41) is 12.6. The molecule has 1 heterocycles. The lowest BCUT2D eigenvalue weighted by Crippen LogP contribution is -2.46. The average Bonchev–Trinajstić information content (AvgIpc) is 2.44. The Balaban J connectivity index is 2.41. The highest BCUT2D eigenvalue weighted by atomic mass is 16.5. The number of ether oxygens (including phenoxy) is 1. The van der Waals surface area contributed by atoms with Crippen LogP contribution >= 0.6 is 0 Å². The molecule has 86 valence electrons. The molecule has 4 heteroatoms. The summed E-state index contributed by atoms with van der Waals surface area (Å²) in [6, 6.07) is 2.42. The van der Waals surface area contributed by atoms with Crippen molar-refractivity contribution in [3.63, 3.8) is 0 Å². The molecule has 1 aliphatic heterocycles. The standard InChI is InChI=1S/C11H21N3O/c1-14(2)7-6-13-11(10-12)4-3-8-15-9-5-11/h13H,3-9H2,1-2H3. The number of nitrogens with one attached hydrogen (secondary N) is 1. The zero-order valence-electron chi connectivity index (χ0n) is 9.75. The lowest BCUT2D eigenvalue weighted by Gasteiger charge is -2.26. The molecule has 0 saturated carbocycles. The van der Waals surface area contributed by atoms with Gasteiger partial charge in [0, 0.05) is 32.7 Å². The van der Waals surface area contributed by atoms with Crippen LogP contribution < -0.4 is 5.32 Å². The first kappa shape index (κ1) is 12.4. The molecule has 1 unspecified atom stereocenters. The van der Waals surface area contributed by atoms with Gasteiger partial charge in [0.2, 0.25) is 0 Å².